The van der Waals surface area contributed by atoms with Gasteiger partial charge in [0.15, 0.2) is 10.7 Å². The van der Waals surface area contributed by atoms with Gasteiger partial charge < -0.3 is 14.1 Å². The number of hydrogen-bond donors (Lipinski definition) is 1. The van der Waals surface area contributed by atoms with Crippen LogP contribution in [0.2, 0.25) is 0 Å². The second-order valence-corrected chi connectivity index (χ2v) is 9.10. The molecule has 0 atom stereocenters. The lowest BCUT2D eigenvalue weighted by molar-refractivity contribution is 0.0956. The van der Waals surface area contributed by atoms with Crippen LogP contribution in [0, 0.1) is 11.7 Å². The van der Waals surface area contributed by atoms with Crippen LogP contribution in [-0.4, -0.2) is 35.0 Å². The number of carbonyl (C=O) groups excluding carboxylic acids is 1. The standard InChI is InChI=1S/C21H21FN2O5S/c1-24(2)15-9-8-14-10-19(29-18(14)11-15)21(25)23-30(26,27)20-16(22)4-3-5-17(20)28-12-13-6-7-13/h3-5,8-11,13H,6-7,12H2,1-2H3,(H,23,25). The first-order chi connectivity index (χ1) is 14.2. The van der Waals surface area contributed by atoms with E-state index in [4.69, 9.17) is 9.15 Å². The summed E-state index contributed by atoms with van der Waals surface area (Å²) in [5.41, 5.74) is 1.29. The molecular weight excluding hydrogens is 411 g/mol. The molecule has 1 saturated carbocycles. The molecule has 1 heterocycles. The van der Waals surface area contributed by atoms with Crippen molar-refractivity contribution in [3.8, 4) is 5.75 Å². The molecule has 2 aromatic carbocycles. The van der Waals surface area contributed by atoms with E-state index in [-0.39, 0.29) is 11.5 Å². The number of fused-ring (bicyclic) bond motifs is 1. The first-order valence-electron chi connectivity index (χ1n) is 9.44. The Kier molecular flexibility index (Phi) is 5.15. The molecule has 0 unspecified atom stereocenters. The largest absolute Gasteiger partial charge is 0.492 e. The summed E-state index contributed by atoms with van der Waals surface area (Å²) in [7, 11) is -0.798. The van der Waals surface area contributed by atoms with Crippen LogP contribution in [0.3, 0.4) is 0 Å². The van der Waals surface area contributed by atoms with Crippen LogP contribution < -0.4 is 14.4 Å². The van der Waals surface area contributed by atoms with Crippen molar-refractivity contribution in [1.82, 2.24) is 4.72 Å². The van der Waals surface area contributed by atoms with Crippen molar-refractivity contribution in [2.45, 2.75) is 17.7 Å². The minimum absolute atomic E-state index is 0.123. The van der Waals surface area contributed by atoms with Gasteiger partial charge in [-0.05, 0) is 49.1 Å². The Morgan fingerprint density at radius 2 is 2.00 bits per heavy atom. The third-order valence-corrected chi connectivity index (χ3v) is 6.23. The highest BCUT2D eigenvalue weighted by atomic mass is 32.2. The molecule has 0 bridgehead atoms. The number of rotatable bonds is 7. The third kappa shape index (κ3) is 4.11. The van der Waals surface area contributed by atoms with Gasteiger partial charge in [-0.1, -0.05) is 6.07 Å². The van der Waals surface area contributed by atoms with Gasteiger partial charge in [-0.15, -0.1) is 0 Å². The molecule has 1 N–H and O–H groups in total. The Labute approximate surface area is 173 Å². The van der Waals surface area contributed by atoms with Crippen molar-refractivity contribution in [3.63, 3.8) is 0 Å². The number of amides is 1. The number of benzene rings is 2. The number of nitrogens with one attached hydrogen (secondary N) is 1. The lowest BCUT2D eigenvalue weighted by Crippen LogP contribution is -2.31. The van der Waals surface area contributed by atoms with Crippen molar-refractivity contribution >= 4 is 32.6 Å². The summed E-state index contributed by atoms with van der Waals surface area (Å²) in [6, 6.07) is 10.5. The van der Waals surface area contributed by atoms with Crippen LogP contribution in [0.15, 0.2) is 51.8 Å². The number of hydrogen-bond acceptors (Lipinski definition) is 6. The smallest absolute Gasteiger partial charge is 0.300 e. The molecule has 1 aliphatic carbocycles. The van der Waals surface area contributed by atoms with Gasteiger partial charge in [0.2, 0.25) is 0 Å². The Balaban J connectivity index is 1.60. The molecule has 0 spiro atoms. The van der Waals surface area contributed by atoms with Crippen LogP contribution in [-0.2, 0) is 10.0 Å². The Morgan fingerprint density at radius 3 is 2.70 bits per heavy atom. The van der Waals surface area contributed by atoms with Gasteiger partial charge in [0.25, 0.3) is 10.0 Å². The Morgan fingerprint density at radius 1 is 1.23 bits per heavy atom. The zero-order chi connectivity index (χ0) is 21.5. The van der Waals surface area contributed by atoms with Crippen LogP contribution >= 0.6 is 0 Å². The number of halogens is 1. The van der Waals surface area contributed by atoms with Crippen molar-refractivity contribution in [1.29, 1.82) is 0 Å². The molecule has 1 aliphatic rings. The van der Waals surface area contributed by atoms with Crippen molar-refractivity contribution < 1.29 is 26.8 Å². The lowest BCUT2D eigenvalue weighted by atomic mass is 10.2. The fraction of sp³-hybridized carbons (Fsp3) is 0.286. The topological polar surface area (TPSA) is 88.9 Å². The van der Waals surface area contributed by atoms with Crippen LogP contribution in [0.5, 0.6) is 5.75 Å². The van der Waals surface area contributed by atoms with E-state index in [0.29, 0.717) is 23.5 Å². The lowest BCUT2D eigenvalue weighted by Gasteiger charge is -2.13. The van der Waals surface area contributed by atoms with Crippen LogP contribution in [0.1, 0.15) is 23.4 Å². The first-order valence-corrected chi connectivity index (χ1v) is 10.9. The second kappa shape index (κ2) is 7.64. The van der Waals surface area contributed by atoms with E-state index >= 15 is 0 Å². The molecule has 3 aromatic rings. The van der Waals surface area contributed by atoms with Gasteiger partial charge in [0, 0.05) is 31.2 Å². The van der Waals surface area contributed by atoms with E-state index in [1.165, 1.54) is 18.2 Å². The number of nitrogens with zero attached hydrogens (tertiary/aromatic N) is 1. The highest BCUT2D eigenvalue weighted by molar-refractivity contribution is 7.90. The molecule has 0 radical (unpaired) electrons. The monoisotopic (exact) mass is 432 g/mol. The summed E-state index contributed by atoms with van der Waals surface area (Å²) in [5, 5.41) is 0.641. The molecule has 158 valence electrons. The van der Waals surface area contributed by atoms with Crippen LogP contribution in [0.25, 0.3) is 11.0 Å². The Hall–Kier alpha value is -3.07. The summed E-state index contributed by atoms with van der Waals surface area (Å²) in [4.78, 5) is 13.7. The van der Waals surface area contributed by atoms with Gasteiger partial charge in [0.05, 0.1) is 6.61 Å². The van der Waals surface area contributed by atoms with Gasteiger partial charge >= 0.3 is 5.91 Å². The van der Waals surface area contributed by atoms with Gasteiger partial charge in [-0.25, -0.2) is 17.5 Å². The summed E-state index contributed by atoms with van der Waals surface area (Å²) in [6.45, 7) is 0.303. The van der Waals surface area contributed by atoms with E-state index < -0.39 is 26.6 Å². The number of furan rings is 1. The first kappa shape index (κ1) is 20.2. The van der Waals surface area contributed by atoms with Crippen molar-refractivity contribution in [3.05, 3.63) is 54.0 Å². The average molecular weight is 432 g/mol. The summed E-state index contributed by atoms with van der Waals surface area (Å²) >= 11 is 0. The molecule has 9 heteroatoms. The zero-order valence-electron chi connectivity index (χ0n) is 16.5. The second-order valence-electron chi connectivity index (χ2n) is 7.48. The summed E-state index contributed by atoms with van der Waals surface area (Å²) in [6.07, 6.45) is 1.99. The highest BCUT2D eigenvalue weighted by Crippen LogP contribution is 2.32. The molecule has 1 amide bonds. The number of sulfonamides is 1. The summed E-state index contributed by atoms with van der Waals surface area (Å²) in [5.74, 6) is -1.96. The van der Waals surface area contributed by atoms with Crippen molar-refractivity contribution in [2.24, 2.45) is 5.92 Å². The summed E-state index contributed by atoms with van der Waals surface area (Å²) < 4.78 is 52.8. The van der Waals surface area contributed by atoms with E-state index in [2.05, 4.69) is 0 Å². The fourth-order valence-corrected chi connectivity index (χ4v) is 4.15. The van der Waals surface area contributed by atoms with Crippen LogP contribution in [0.4, 0.5) is 10.1 Å². The quantitative estimate of drug-likeness (QED) is 0.614. The van der Waals surface area contributed by atoms with Gasteiger partial charge in [-0.3, -0.25) is 4.79 Å². The minimum atomic E-state index is -4.52. The maximum absolute atomic E-state index is 14.4. The van der Waals surface area contributed by atoms with E-state index in [1.54, 1.807) is 12.1 Å². The SMILES string of the molecule is CN(C)c1ccc2cc(C(=O)NS(=O)(=O)c3c(F)cccc3OCC3CC3)oc2c1. The average Bonchev–Trinajstić information content (AvgIpc) is 3.41. The predicted molar refractivity (Wildman–Crippen MR) is 110 cm³/mol. The van der Waals surface area contributed by atoms with Gasteiger partial charge in [0.1, 0.15) is 17.1 Å². The van der Waals surface area contributed by atoms with E-state index in [0.717, 1.165) is 24.6 Å². The minimum Gasteiger partial charge on any atom is -0.492 e. The number of ether oxygens (including phenoxy) is 1. The van der Waals surface area contributed by atoms with Gasteiger partial charge in [-0.2, -0.15) is 0 Å². The molecular formula is C21H21FN2O5S. The molecule has 30 heavy (non-hydrogen) atoms. The molecule has 0 aliphatic heterocycles. The normalized spacial score (nSPS) is 14.0. The molecule has 4 rings (SSSR count). The van der Waals surface area contributed by atoms with Crippen molar-refractivity contribution in [2.75, 3.05) is 25.6 Å². The fourth-order valence-electron chi connectivity index (χ4n) is 2.99. The molecule has 1 fully saturated rings. The highest BCUT2D eigenvalue weighted by Gasteiger charge is 2.29. The molecule has 0 saturated heterocycles. The molecule has 7 nitrogen and oxygen atoms in total. The molecule has 1 aromatic heterocycles. The number of anilines is 1. The van der Waals surface area contributed by atoms with E-state index in [1.807, 2.05) is 29.8 Å². The zero-order valence-corrected chi connectivity index (χ0v) is 17.3. The Bertz CT molecular complexity index is 1220. The third-order valence-electron chi connectivity index (χ3n) is 4.84. The number of carbonyl (C=O) groups is 1. The maximum Gasteiger partial charge on any atom is 0.300 e. The maximum atomic E-state index is 14.4. The predicted octanol–water partition coefficient (Wildman–Crippen LogP) is 3.55. The van der Waals surface area contributed by atoms with E-state index in [9.17, 15) is 17.6 Å².